The number of anilines is 1. The van der Waals surface area contributed by atoms with Crippen LogP contribution in [0.5, 0.6) is 5.88 Å². The minimum Gasteiger partial charge on any atom is -0.477 e. The molecule has 0 unspecified atom stereocenters. The predicted octanol–water partition coefficient (Wildman–Crippen LogP) is 3.98. The molecule has 102 valence electrons. The summed E-state index contributed by atoms with van der Waals surface area (Å²) in [6, 6.07) is 9.99. The van der Waals surface area contributed by atoms with Crippen LogP contribution in [0.4, 0.5) is 5.82 Å². The van der Waals surface area contributed by atoms with E-state index in [1.165, 1.54) is 4.88 Å². The van der Waals surface area contributed by atoms with Crippen LogP contribution in [0.25, 0.3) is 0 Å². The minimum absolute atomic E-state index is 0.00257. The van der Waals surface area contributed by atoms with Crippen molar-refractivity contribution in [1.82, 2.24) is 4.98 Å². The molecule has 0 aliphatic heterocycles. The average Bonchev–Trinajstić information content (AvgIpc) is 2.80. The number of hydrogen-bond acceptors (Lipinski definition) is 4. The van der Waals surface area contributed by atoms with Crippen molar-refractivity contribution >= 4 is 17.2 Å². The fourth-order valence-corrected chi connectivity index (χ4v) is 2.35. The zero-order valence-corrected chi connectivity index (χ0v) is 12.5. The van der Waals surface area contributed by atoms with Crippen LogP contribution in [0.2, 0.25) is 0 Å². The molecule has 1 N–H and O–H groups in total. The lowest BCUT2D eigenvalue weighted by Crippen LogP contribution is -2.26. The molecule has 0 amide bonds. The summed E-state index contributed by atoms with van der Waals surface area (Å²) in [4.78, 5) is 5.78. The second-order valence-corrected chi connectivity index (χ2v) is 6.45. The van der Waals surface area contributed by atoms with Gasteiger partial charge in [-0.2, -0.15) is 4.98 Å². The SMILES string of the molecule is CC(C)(C)Nc1cccc(OCCc2cccs2)n1. The van der Waals surface area contributed by atoms with E-state index in [-0.39, 0.29) is 5.54 Å². The lowest BCUT2D eigenvalue weighted by atomic mass is 10.1. The molecule has 0 aliphatic carbocycles. The molecule has 4 heteroatoms. The second-order valence-electron chi connectivity index (χ2n) is 5.41. The maximum absolute atomic E-state index is 5.69. The van der Waals surface area contributed by atoms with Gasteiger partial charge in [0, 0.05) is 22.9 Å². The summed E-state index contributed by atoms with van der Waals surface area (Å²) in [6.07, 6.45) is 0.927. The first-order valence-electron chi connectivity index (χ1n) is 6.43. The van der Waals surface area contributed by atoms with Crippen molar-refractivity contribution in [3.63, 3.8) is 0 Å². The summed E-state index contributed by atoms with van der Waals surface area (Å²) < 4.78 is 5.69. The van der Waals surface area contributed by atoms with Crippen molar-refractivity contribution in [3.8, 4) is 5.88 Å². The van der Waals surface area contributed by atoms with Gasteiger partial charge in [-0.15, -0.1) is 11.3 Å². The Bertz CT molecular complexity index is 503. The molecule has 2 aromatic heterocycles. The van der Waals surface area contributed by atoms with E-state index in [9.17, 15) is 0 Å². The molecule has 0 radical (unpaired) electrons. The van der Waals surface area contributed by atoms with Crippen molar-refractivity contribution in [2.75, 3.05) is 11.9 Å². The molecule has 0 aromatic carbocycles. The fourth-order valence-electron chi connectivity index (χ4n) is 1.66. The highest BCUT2D eigenvalue weighted by Crippen LogP contribution is 2.16. The third kappa shape index (κ3) is 4.91. The van der Waals surface area contributed by atoms with Gasteiger partial charge < -0.3 is 10.1 Å². The quantitative estimate of drug-likeness (QED) is 0.897. The summed E-state index contributed by atoms with van der Waals surface area (Å²) in [5.74, 6) is 1.52. The van der Waals surface area contributed by atoms with Gasteiger partial charge in [-0.05, 0) is 38.3 Å². The molecular formula is C15H20N2OS. The number of ether oxygens (including phenoxy) is 1. The number of nitrogens with one attached hydrogen (secondary N) is 1. The van der Waals surface area contributed by atoms with Gasteiger partial charge in [-0.3, -0.25) is 0 Å². The average molecular weight is 276 g/mol. The number of rotatable bonds is 5. The molecule has 0 saturated heterocycles. The zero-order valence-electron chi connectivity index (χ0n) is 11.6. The number of hydrogen-bond donors (Lipinski definition) is 1. The topological polar surface area (TPSA) is 34.1 Å². The van der Waals surface area contributed by atoms with Gasteiger partial charge in [0.15, 0.2) is 0 Å². The largest absolute Gasteiger partial charge is 0.477 e. The van der Waals surface area contributed by atoms with Crippen LogP contribution in [0.1, 0.15) is 25.6 Å². The normalized spacial score (nSPS) is 11.3. The first-order valence-corrected chi connectivity index (χ1v) is 7.31. The summed E-state index contributed by atoms with van der Waals surface area (Å²) in [7, 11) is 0. The van der Waals surface area contributed by atoms with Crippen LogP contribution in [-0.4, -0.2) is 17.1 Å². The number of aromatic nitrogens is 1. The van der Waals surface area contributed by atoms with Crippen molar-refractivity contribution in [1.29, 1.82) is 0 Å². The molecule has 0 saturated carbocycles. The molecule has 0 atom stereocenters. The van der Waals surface area contributed by atoms with Crippen molar-refractivity contribution in [2.24, 2.45) is 0 Å². The van der Waals surface area contributed by atoms with E-state index in [2.05, 4.69) is 48.6 Å². The van der Waals surface area contributed by atoms with E-state index >= 15 is 0 Å². The summed E-state index contributed by atoms with van der Waals surface area (Å²) >= 11 is 1.76. The standard InChI is InChI=1S/C15H20N2OS/c1-15(2,3)17-13-7-4-8-14(16-13)18-10-9-12-6-5-11-19-12/h4-8,11H,9-10H2,1-3H3,(H,16,17). The molecule has 0 spiro atoms. The highest BCUT2D eigenvalue weighted by atomic mass is 32.1. The maximum atomic E-state index is 5.69. The first kappa shape index (κ1) is 13.9. The molecule has 19 heavy (non-hydrogen) atoms. The van der Waals surface area contributed by atoms with Crippen LogP contribution < -0.4 is 10.1 Å². The van der Waals surface area contributed by atoms with Crippen molar-refractivity contribution in [3.05, 3.63) is 40.6 Å². The lowest BCUT2D eigenvalue weighted by Gasteiger charge is -2.21. The Morgan fingerprint density at radius 2 is 2.05 bits per heavy atom. The van der Waals surface area contributed by atoms with E-state index in [1.807, 2.05) is 18.2 Å². The van der Waals surface area contributed by atoms with Crippen LogP contribution >= 0.6 is 11.3 Å². The van der Waals surface area contributed by atoms with Crippen LogP contribution in [0, 0.1) is 0 Å². The van der Waals surface area contributed by atoms with Gasteiger partial charge in [0.05, 0.1) is 6.61 Å². The van der Waals surface area contributed by atoms with E-state index in [4.69, 9.17) is 4.74 Å². The highest BCUT2D eigenvalue weighted by Gasteiger charge is 2.10. The monoisotopic (exact) mass is 276 g/mol. The molecule has 3 nitrogen and oxygen atoms in total. The summed E-state index contributed by atoms with van der Waals surface area (Å²) in [6.45, 7) is 6.99. The fraction of sp³-hybridized carbons (Fsp3) is 0.400. The maximum Gasteiger partial charge on any atom is 0.215 e. The van der Waals surface area contributed by atoms with Gasteiger partial charge in [-0.25, -0.2) is 0 Å². The number of nitrogens with zero attached hydrogens (tertiary/aromatic N) is 1. The van der Waals surface area contributed by atoms with Crippen molar-refractivity contribution in [2.45, 2.75) is 32.7 Å². The van der Waals surface area contributed by atoms with Gasteiger partial charge in [0.2, 0.25) is 5.88 Å². The third-order valence-corrected chi connectivity index (χ3v) is 3.34. The Balaban J connectivity index is 1.88. The van der Waals surface area contributed by atoms with Gasteiger partial charge in [0.1, 0.15) is 5.82 Å². The summed E-state index contributed by atoms with van der Waals surface area (Å²) in [5, 5.41) is 5.42. The molecule has 0 aliphatic rings. The predicted molar refractivity (Wildman–Crippen MR) is 81.1 cm³/mol. The minimum atomic E-state index is 0.00257. The van der Waals surface area contributed by atoms with E-state index < -0.39 is 0 Å². The first-order chi connectivity index (χ1) is 9.03. The molecule has 0 fully saturated rings. The molecule has 2 rings (SSSR count). The van der Waals surface area contributed by atoms with Crippen LogP contribution in [0.3, 0.4) is 0 Å². The lowest BCUT2D eigenvalue weighted by molar-refractivity contribution is 0.311. The Labute approximate surface area is 118 Å². The van der Waals surface area contributed by atoms with Crippen LogP contribution in [-0.2, 0) is 6.42 Å². The second kappa shape index (κ2) is 6.06. The Morgan fingerprint density at radius 1 is 1.21 bits per heavy atom. The van der Waals surface area contributed by atoms with Gasteiger partial charge in [-0.1, -0.05) is 12.1 Å². The van der Waals surface area contributed by atoms with E-state index in [0.29, 0.717) is 12.5 Å². The Hall–Kier alpha value is -1.55. The van der Waals surface area contributed by atoms with E-state index in [0.717, 1.165) is 12.2 Å². The van der Waals surface area contributed by atoms with Gasteiger partial charge in [0.25, 0.3) is 0 Å². The number of pyridine rings is 1. The molecule has 2 heterocycles. The zero-order chi connectivity index (χ0) is 13.7. The molecule has 2 aromatic rings. The third-order valence-electron chi connectivity index (χ3n) is 2.41. The summed E-state index contributed by atoms with van der Waals surface area (Å²) in [5.41, 5.74) is 0.00257. The van der Waals surface area contributed by atoms with Crippen LogP contribution in [0.15, 0.2) is 35.7 Å². The molecule has 0 bridgehead atoms. The number of thiophene rings is 1. The Morgan fingerprint density at radius 3 is 2.74 bits per heavy atom. The van der Waals surface area contributed by atoms with Gasteiger partial charge >= 0.3 is 0 Å². The smallest absolute Gasteiger partial charge is 0.215 e. The van der Waals surface area contributed by atoms with E-state index in [1.54, 1.807) is 11.3 Å². The highest BCUT2D eigenvalue weighted by molar-refractivity contribution is 7.09. The van der Waals surface area contributed by atoms with Crippen molar-refractivity contribution < 1.29 is 4.74 Å². The Kier molecular flexibility index (Phi) is 4.43. The molecular weight excluding hydrogens is 256 g/mol.